The molecule has 0 aliphatic carbocycles. The highest BCUT2D eigenvalue weighted by Gasteiger charge is 1.73. The molecule has 0 rings (SSSR count). The van der Waals surface area contributed by atoms with E-state index in [1.165, 1.54) is 6.08 Å². The molecule has 0 atom stereocenters. The van der Waals surface area contributed by atoms with Crippen LogP contribution in [0, 0.1) is 0 Å². The Morgan fingerprint density at radius 2 is 2.50 bits per heavy atom. The molecule has 0 aromatic heterocycles. The Kier molecular flexibility index (Phi) is 2.95. The van der Waals surface area contributed by atoms with Crippen LogP contribution < -0.4 is 0 Å². The second kappa shape index (κ2) is 3.04. The van der Waals surface area contributed by atoms with Gasteiger partial charge in [-0.15, -0.1) is 0 Å². The highest BCUT2D eigenvalue weighted by molar-refractivity contribution is 6.27. The Hall–Kier alpha value is -0.170. The van der Waals surface area contributed by atoms with Crippen molar-refractivity contribution < 1.29 is 5.11 Å². The first-order valence-electron chi connectivity index (χ1n) is 1.82. The Labute approximate surface area is 42.2 Å². The van der Waals surface area contributed by atoms with Crippen molar-refractivity contribution in [1.29, 1.82) is 0 Å². The first kappa shape index (κ1) is 5.83. The highest BCUT2D eigenvalue weighted by Crippen LogP contribution is 1.93. The number of rotatable bonds is 1. The Balaban J connectivity index is 3.14. The average Bonchev–Trinajstić information content (AvgIpc) is 1.35. The molecule has 0 aromatic carbocycles. The minimum atomic E-state index is -0.113. The molecule has 0 aliphatic rings. The minimum Gasteiger partial charge on any atom is -0.499 e. The molecular weight excluding hydrogens is 99.5 g/mol. The summed E-state index contributed by atoms with van der Waals surface area (Å²) in [7, 11) is 0. The third-order valence-electron chi connectivity index (χ3n) is 0.373. The van der Waals surface area contributed by atoms with Gasteiger partial charge in [-0.3, -0.25) is 0 Å². The molecule has 0 saturated carbocycles. The number of halogens is 1. The fraction of sp³-hybridized carbons (Fsp3) is 0.500. The van der Waals surface area contributed by atoms with Crippen LogP contribution in [0.25, 0.3) is 0 Å². The molecule has 0 aromatic rings. The van der Waals surface area contributed by atoms with E-state index in [0.717, 1.165) is 6.42 Å². The van der Waals surface area contributed by atoms with Crippen LogP contribution in [-0.2, 0) is 0 Å². The summed E-state index contributed by atoms with van der Waals surface area (Å²) in [5.41, 5.74) is 0. The lowest BCUT2D eigenvalue weighted by Crippen LogP contribution is -1.60. The van der Waals surface area contributed by atoms with Crippen LogP contribution in [0.5, 0.6) is 0 Å². The fourth-order valence-corrected chi connectivity index (χ4v) is 0.323. The molecule has 0 saturated heterocycles. The quantitative estimate of drug-likeness (QED) is 0.507. The third-order valence-corrected chi connectivity index (χ3v) is 0.527. The van der Waals surface area contributed by atoms with Gasteiger partial charge in [0.25, 0.3) is 0 Å². The highest BCUT2D eigenvalue weighted by atomic mass is 35.5. The zero-order chi connectivity index (χ0) is 4.99. The average molecular weight is 107 g/mol. The Morgan fingerprint density at radius 1 is 2.00 bits per heavy atom. The van der Waals surface area contributed by atoms with Crippen LogP contribution in [-0.4, -0.2) is 5.11 Å². The first-order chi connectivity index (χ1) is 2.77. The lowest BCUT2D eigenvalue weighted by Gasteiger charge is -1.77. The van der Waals surface area contributed by atoms with Gasteiger partial charge in [-0.2, -0.15) is 0 Å². The van der Waals surface area contributed by atoms with Crippen molar-refractivity contribution in [3.63, 3.8) is 0 Å². The first-order valence-corrected chi connectivity index (χ1v) is 2.19. The molecular formula is C4H7ClO. The fourth-order valence-electron chi connectivity index (χ4n) is 0.168. The van der Waals surface area contributed by atoms with Gasteiger partial charge in [0.05, 0.1) is 0 Å². The zero-order valence-electron chi connectivity index (χ0n) is 3.61. The van der Waals surface area contributed by atoms with Crippen LogP contribution in [0.1, 0.15) is 13.3 Å². The van der Waals surface area contributed by atoms with E-state index in [9.17, 15) is 0 Å². The van der Waals surface area contributed by atoms with E-state index < -0.39 is 0 Å². The normalized spacial score (nSPS) is 12.0. The smallest absolute Gasteiger partial charge is 0.180 e. The third kappa shape index (κ3) is 3.83. The number of allylic oxidation sites excluding steroid dienone is 1. The van der Waals surface area contributed by atoms with Crippen LogP contribution in [0.2, 0.25) is 0 Å². The summed E-state index contributed by atoms with van der Waals surface area (Å²) in [6.45, 7) is 1.90. The summed E-state index contributed by atoms with van der Waals surface area (Å²) < 4.78 is 0. The lowest BCUT2D eigenvalue weighted by atomic mass is 10.5. The molecule has 0 bridgehead atoms. The summed E-state index contributed by atoms with van der Waals surface area (Å²) in [6, 6.07) is 0. The van der Waals surface area contributed by atoms with Crippen LogP contribution in [0.3, 0.4) is 0 Å². The summed E-state index contributed by atoms with van der Waals surface area (Å²) in [6.07, 6.45) is 2.32. The monoisotopic (exact) mass is 106 g/mol. The molecule has 1 nitrogen and oxygen atoms in total. The summed E-state index contributed by atoms with van der Waals surface area (Å²) >= 11 is 4.99. The molecule has 0 unspecified atom stereocenters. The van der Waals surface area contributed by atoms with Crippen molar-refractivity contribution >= 4 is 11.6 Å². The summed E-state index contributed by atoms with van der Waals surface area (Å²) in [5.74, 6) is 0. The Morgan fingerprint density at radius 3 is 2.50 bits per heavy atom. The lowest BCUT2D eigenvalue weighted by molar-refractivity contribution is 0.450. The summed E-state index contributed by atoms with van der Waals surface area (Å²) in [4.78, 5) is 0. The van der Waals surface area contributed by atoms with E-state index in [1.807, 2.05) is 6.92 Å². The molecule has 2 heteroatoms. The van der Waals surface area contributed by atoms with Crippen LogP contribution in [0.4, 0.5) is 0 Å². The topological polar surface area (TPSA) is 20.2 Å². The van der Waals surface area contributed by atoms with E-state index in [-0.39, 0.29) is 5.22 Å². The van der Waals surface area contributed by atoms with E-state index in [4.69, 9.17) is 16.7 Å². The molecule has 0 heterocycles. The van der Waals surface area contributed by atoms with Gasteiger partial charge >= 0.3 is 0 Å². The van der Waals surface area contributed by atoms with Crippen molar-refractivity contribution in [2.75, 3.05) is 0 Å². The molecule has 0 spiro atoms. The van der Waals surface area contributed by atoms with Gasteiger partial charge in [0, 0.05) is 0 Å². The second-order valence-electron chi connectivity index (χ2n) is 0.935. The predicted molar refractivity (Wildman–Crippen MR) is 26.9 cm³/mol. The number of aliphatic hydroxyl groups excluding tert-OH is 1. The molecule has 0 fully saturated rings. The Bertz CT molecular complexity index is 54.6. The van der Waals surface area contributed by atoms with E-state index in [0.29, 0.717) is 0 Å². The van der Waals surface area contributed by atoms with Crippen molar-refractivity contribution in [2.45, 2.75) is 13.3 Å². The number of aliphatic hydroxyl groups is 1. The molecule has 1 N–H and O–H groups in total. The van der Waals surface area contributed by atoms with Crippen molar-refractivity contribution in [3.8, 4) is 0 Å². The van der Waals surface area contributed by atoms with Gasteiger partial charge in [-0.1, -0.05) is 6.92 Å². The molecule has 0 amide bonds. The second-order valence-corrected chi connectivity index (χ2v) is 1.32. The largest absolute Gasteiger partial charge is 0.499 e. The maximum Gasteiger partial charge on any atom is 0.180 e. The van der Waals surface area contributed by atoms with Crippen molar-refractivity contribution in [2.24, 2.45) is 0 Å². The molecule has 0 radical (unpaired) electrons. The van der Waals surface area contributed by atoms with Crippen molar-refractivity contribution in [3.05, 3.63) is 11.3 Å². The van der Waals surface area contributed by atoms with E-state index >= 15 is 0 Å². The van der Waals surface area contributed by atoms with Gasteiger partial charge < -0.3 is 5.11 Å². The molecule has 6 heavy (non-hydrogen) atoms. The maximum atomic E-state index is 8.18. The van der Waals surface area contributed by atoms with Gasteiger partial charge in [-0.05, 0) is 24.1 Å². The number of hydrogen-bond donors (Lipinski definition) is 1. The molecule has 0 aliphatic heterocycles. The summed E-state index contributed by atoms with van der Waals surface area (Å²) in [5, 5.41) is 8.07. The van der Waals surface area contributed by atoms with Gasteiger partial charge in [0.15, 0.2) is 5.22 Å². The van der Waals surface area contributed by atoms with E-state index in [2.05, 4.69) is 0 Å². The minimum absolute atomic E-state index is 0.113. The standard InChI is InChI=1S/C4H7ClO/c1-2-3-4(5)6/h3,6H,2H2,1H3/b4-3+. The number of hydrogen-bond acceptors (Lipinski definition) is 1. The van der Waals surface area contributed by atoms with Gasteiger partial charge in [0.1, 0.15) is 0 Å². The van der Waals surface area contributed by atoms with Gasteiger partial charge in [-0.25, -0.2) is 0 Å². The van der Waals surface area contributed by atoms with Crippen molar-refractivity contribution in [1.82, 2.24) is 0 Å². The predicted octanol–water partition coefficient (Wildman–Crippen LogP) is 2.03. The molecule has 36 valence electrons. The SMILES string of the molecule is CC/C=C(/O)Cl. The zero-order valence-corrected chi connectivity index (χ0v) is 4.37. The van der Waals surface area contributed by atoms with Crippen LogP contribution in [0.15, 0.2) is 11.3 Å². The van der Waals surface area contributed by atoms with Crippen LogP contribution >= 0.6 is 11.6 Å². The van der Waals surface area contributed by atoms with Gasteiger partial charge in [0.2, 0.25) is 0 Å². The maximum absolute atomic E-state index is 8.18. The van der Waals surface area contributed by atoms with E-state index in [1.54, 1.807) is 0 Å².